The summed E-state index contributed by atoms with van der Waals surface area (Å²) in [6, 6.07) is 11.8. The molecule has 0 fully saturated rings. The molecule has 0 aliphatic rings. The molecule has 5 nitrogen and oxygen atoms in total. The zero-order valence-electron chi connectivity index (χ0n) is 15.9. The molecular formula is C20H26N2O3S. The third-order valence-electron chi connectivity index (χ3n) is 4.36. The van der Waals surface area contributed by atoms with E-state index >= 15 is 0 Å². The van der Waals surface area contributed by atoms with E-state index in [1.807, 2.05) is 32.0 Å². The quantitative estimate of drug-likeness (QED) is 0.839. The summed E-state index contributed by atoms with van der Waals surface area (Å²) in [4.78, 5) is 12.8. The molecule has 0 saturated heterocycles. The van der Waals surface area contributed by atoms with Crippen LogP contribution in [0.3, 0.4) is 0 Å². The van der Waals surface area contributed by atoms with Crippen LogP contribution in [0.25, 0.3) is 0 Å². The van der Waals surface area contributed by atoms with E-state index in [1.165, 1.54) is 4.31 Å². The van der Waals surface area contributed by atoms with Crippen molar-refractivity contribution in [3.05, 3.63) is 59.2 Å². The zero-order chi connectivity index (χ0) is 19.5. The summed E-state index contributed by atoms with van der Waals surface area (Å²) in [5, 5.41) is 2.79. The van der Waals surface area contributed by atoms with Crippen LogP contribution >= 0.6 is 0 Å². The number of hydrogen-bond acceptors (Lipinski definition) is 3. The Morgan fingerprint density at radius 3 is 2.15 bits per heavy atom. The zero-order valence-corrected chi connectivity index (χ0v) is 16.7. The number of carbonyl (C=O) groups excluding carboxylic acids is 1. The van der Waals surface area contributed by atoms with Crippen molar-refractivity contribution in [1.29, 1.82) is 0 Å². The van der Waals surface area contributed by atoms with Gasteiger partial charge in [0.05, 0.1) is 4.90 Å². The normalized spacial score (nSPS) is 12.8. The van der Waals surface area contributed by atoms with Crippen LogP contribution in [0, 0.1) is 20.8 Å². The maximum absolute atomic E-state index is 13.1. The molecule has 0 saturated carbocycles. The molecule has 1 atom stereocenters. The number of sulfonamides is 1. The van der Waals surface area contributed by atoms with Crippen molar-refractivity contribution in [3.63, 3.8) is 0 Å². The number of hydrogen-bond donors (Lipinski definition) is 1. The molecule has 0 aliphatic carbocycles. The molecule has 1 N–H and O–H groups in total. The van der Waals surface area contributed by atoms with Crippen LogP contribution in [0.5, 0.6) is 0 Å². The monoisotopic (exact) mass is 374 g/mol. The third-order valence-corrected chi connectivity index (χ3v) is 6.57. The Labute approximate surface area is 156 Å². The van der Waals surface area contributed by atoms with E-state index in [9.17, 15) is 13.2 Å². The first-order valence-corrected chi connectivity index (χ1v) is 10.1. The van der Waals surface area contributed by atoms with Crippen LogP contribution in [0.1, 0.15) is 30.5 Å². The van der Waals surface area contributed by atoms with Crippen LogP contribution in [-0.4, -0.2) is 31.2 Å². The number of nitrogens with one attached hydrogen (secondary N) is 1. The van der Waals surface area contributed by atoms with Crippen molar-refractivity contribution < 1.29 is 13.2 Å². The highest BCUT2D eigenvalue weighted by Gasteiger charge is 2.32. The van der Waals surface area contributed by atoms with Gasteiger partial charge in [0.1, 0.15) is 6.04 Å². The molecular weight excluding hydrogens is 348 g/mol. The topological polar surface area (TPSA) is 66.5 Å². The van der Waals surface area contributed by atoms with E-state index in [4.69, 9.17) is 0 Å². The van der Waals surface area contributed by atoms with Crippen LogP contribution in [-0.2, 0) is 14.8 Å². The molecule has 0 heterocycles. The first-order chi connectivity index (χ1) is 12.2. The summed E-state index contributed by atoms with van der Waals surface area (Å²) in [5.74, 6) is -0.357. The summed E-state index contributed by atoms with van der Waals surface area (Å²) in [6.07, 6.45) is 0. The van der Waals surface area contributed by atoms with E-state index in [0.717, 1.165) is 11.1 Å². The molecule has 0 radical (unpaired) electrons. The average Bonchev–Trinajstić information content (AvgIpc) is 2.56. The highest BCUT2D eigenvalue weighted by atomic mass is 32.2. The molecule has 26 heavy (non-hydrogen) atoms. The summed E-state index contributed by atoms with van der Waals surface area (Å²) in [6.45, 7) is 9.19. The van der Waals surface area contributed by atoms with E-state index in [-0.39, 0.29) is 17.3 Å². The second kappa shape index (κ2) is 8.01. The maximum Gasteiger partial charge on any atom is 0.244 e. The molecule has 0 unspecified atom stereocenters. The van der Waals surface area contributed by atoms with Gasteiger partial charge in [-0.25, -0.2) is 8.42 Å². The lowest BCUT2D eigenvalue weighted by molar-refractivity contribution is -0.119. The number of nitrogens with zero attached hydrogens (tertiary/aromatic N) is 1. The molecule has 140 valence electrons. The number of aryl methyl sites for hydroxylation is 3. The Hall–Kier alpha value is -2.18. The van der Waals surface area contributed by atoms with E-state index in [0.29, 0.717) is 11.3 Å². The van der Waals surface area contributed by atoms with Gasteiger partial charge in [-0.05, 0) is 51.5 Å². The molecule has 0 aromatic heterocycles. The van der Waals surface area contributed by atoms with Gasteiger partial charge in [-0.15, -0.1) is 0 Å². The SMILES string of the molecule is CCN([C@H](C)C(=O)Nc1ccc(C)cc1)S(=O)(=O)c1ccc(C)cc1C. The summed E-state index contributed by atoms with van der Waals surface area (Å²) < 4.78 is 27.4. The van der Waals surface area contributed by atoms with Gasteiger partial charge in [-0.2, -0.15) is 4.31 Å². The first-order valence-electron chi connectivity index (χ1n) is 8.63. The number of anilines is 1. The summed E-state index contributed by atoms with van der Waals surface area (Å²) >= 11 is 0. The Morgan fingerprint density at radius 2 is 1.62 bits per heavy atom. The largest absolute Gasteiger partial charge is 0.325 e. The predicted octanol–water partition coefficient (Wildman–Crippen LogP) is 3.65. The van der Waals surface area contributed by atoms with Crippen LogP contribution < -0.4 is 5.32 Å². The smallest absolute Gasteiger partial charge is 0.244 e. The predicted molar refractivity (Wildman–Crippen MR) is 105 cm³/mol. The Morgan fingerprint density at radius 1 is 1.04 bits per heavy atom. The number of likely N-dealkylation sites (N-methyl/N-ethyl adjacent to an activating group) is 1. The van der Waals surface area contributed by atoms with Crippen molar-refractivity contribution in [2.24, 2.45) is 0 Å². The Bertz CT molecular complexity index is 890. The standard InChI is InChI=1S/C20H26N2O3S/c1-6-22(26(24,25)19-12-9-15(3)13-16(19)4)17(5)20(23)21-18-10-7-14(2)8-11-18/h7-13,17H,6H2,1-5H3,(H,21,23)/t17-/m1/s1. The van der Waals surface area contributed by atoms with Gasteiger partial charge < -0.3 is 5.32 Å². The van der Waals surface area contributed by atoms with Crippen molar-refractivity contribution in [1.82, 2.24) is 4.31 Å². The van der Waals surface area contributed by atoms with Crippen LogP contribution in [0.4, 0.5) is 5.69 Å². The lowest BCUT2D eigenvalue weighted by atomic mass is 10.2. The van der Waals surface area contributed by atoms with Gasteiger partial charge in [-0.1, -0.05) is 42.3 Å². The number of benzene rings is 2. The second-order valence-electron chi connectivity index (χ2n) is 6.51. The maximum atomic E-state index is 13.1. The number of amides is 1. The second-order valence-corrected chi connectivity index (χ2v) is 8.37. The molecule has 0 spiro atoms. The van der Waals surface area contributed by atoms with Gasteiger partial charge >= 0.3 is 0 Å². The van der Waals surface area contributed by atoms with Gasteiger partial charge in [0.15, 0.2) is 0 Å². The van der Waals surface area contributed by atoms with Crippen molar-refractivity contribution in [2.75, 3.05) is 11.9 Å². The third kappa shape index (κ3) is 4.31. The Balaban J connectivity index is 2.27. The van der Waals surface area contributed by atoms with Crippen molar-refractivity contribution in [2.45, 2.75) is 45.6 Å². The minimum atomic E-state index is -3.77. The lowest BCUT2D eigenvalue weighted by Gasteiger charge is -2.27. The Kier molecular flexibility index (Phi) is 6.21. The number of rotatable bonds is 6. The molecule has 6 heteroatoms. The highest BCUT2D eigenvalue weighted by molar-refractivity contribution is 7.89. The van der Waals surface area contributed by atoms with Gasteiger partial charge in [0.2, 0.25) is 15.9 Å². The molecule has 2 aromatic carbocycles. The molecule has 1 amide bonds. The van der Waals surface area contributed by atoms with Crippen LogP contribution in [0.2, 0.25) is 0 Å². The van der Waals surface area contributed by atoms with Gasteiger partial charge in [0, 0.05) is 12.2 Å². The average molecular weight is 375 g/mol. The highest BCUT2D eigenvalue weighted by Crippen LogP contribution is 2.23. The fourth-order valence-electron chi connectivity index (χ4n) is 2.88. The fraction of sp³-hybridized carbons (Fsp3) is 0.350. The molecule has 0 aliphatic heterocycles. The fourth-order valence-corrected chi connectivity index (χ4v) is 4.69. The molecule has 2 rings (SSSR count). The van der Waals surface area contributed by atoms with Crippen LogP contribution in [0.15, 0.2) is 47.4 Å². The van der Waals surface area contributed by atoms with E-state index in [2.05, 4.69) is 5.32 Å². The molecule has 0 bridgehead atoms. The van der Waals surface area contributed by atoms with Gasteiger partial charge in [-0.3, -0.25) is 4.79 Å². The van der Waals surface area contributed by atoms with E-state index in [1.54, 1.807) is 45.0 Å². The first kappa shape index (κ1) is 20.1. The summed E-state index contributed by atoms with van der Waals surface area (Å²) in [7, 11) is -3.77. The van der Waals surface area contributed by atoms with E-state index < -0.39 is 16.1 Å². The molecule has 2 aromatic rings. The van der Waals surface area contributed by atoms with Crippen molar-refractivity contribution >= 4 is 21.6 Å². The number of carbonyl (C=O) groups is 1. The van der Waals surface area contributed by atoms with Crippen molar-refractivity contribution in [3.8, 4) is 0 Å². The summed E-state index contributed by atoms with van der Waals surface area (Å²) in [5.41, 5.74) is 3.40. The minimum absolute atomic E-state index is 0.206. The minimum Gasteiger partial charge on any atom is -0.325 e. The lowest BCUT2D eigenvalue weighted by Crippen LogP contribution is -2.45. The van der Waals surface area contributed by atoms with Gasteiger partial charge in [0.25, 0.3) is 0 Å².